The van der Waals surface area contributed by atoms with Gasteiger partial charge in [-0.15, -0.1) is 0 Å². The molecule has 0 aliphatic carbocycles. The third-order valence-corrected chi connectivity index (χ3v) is 6.34. The Morgan fingerprint density at radius 2 is 0.647 bits per heavy atom. The molecule has 0 saturated heterocycles. The monoisotopic (exact) mass is 458 g/mol. The van der Waals surface area contributed by atoms with E-state index in [9.17, 15) is 0 Å². The lowest BCUT2D eigenvalue weighted by Gasteiger charge is -2.37. The fraction of sp³-hybridized carbons (Fsp3) is 0.438. The van der Waals surface area contributed by atoms with Crippen molar-refractivity contribution in [2.75, 3.05) is 0 Å². The molecule has 0 unspecified atom stereocenters. The van der Waals surface area contributed by atoms with E-state index in [2.05, 4.69) is 130 Å². The van der Waals surface area contributed by atoms with Crippen LogP contribution >= 0.6 is 0 Å². The molecule has 2 nitrogen and oxygen atoms in total. The summed E-state index contributed by atoms with van der Waals surface area (Å²) in [6.45, 7) is 21.9. The summed E-state index contributed by atoms with van der Waals surface area (Å²) in [6.07, 6.45) is 0. The van der Waals surface area contributed by atoms with Crippen LogP contribution in [0.1, 0.15) is 91.5 Å². The van der Waals surface area contributed by atoms with Gasteiger partial charge in [0.25, 0.3) is 0 Å². The maximum atomic E-state index is 6.75. The molecule has 3 aromatic carbocycles. The molecule has 0 bridgehead atoms. The van der Waals surface area contributed by atoms with E-state index in [0.717, 1.165) is 22.6 Å². The molecule has 182 valence electrons. The van der Waals surface area contributed by atoms with Crippen molar-refractivity contribution in [1.82, 2.24) is 0 Å². The van der Waals surface area contributed by atoms with Crippen molar-refractivity contribution in [2.45, 2.75) is 91.3 Å². The number of ether oxygens (including phenoxy) is 2. The van der Waals surface area contributed by atoms with Gasteiger partial charge in [0.05, 0.1) is 0 Å². The van der Waals surface area contributed by atoms with Crippen LogP contribution in [0.4, 0.5) is 0 Å². The van der Waals surface area contributed by atoms with Crippen LogP contribution in [0, 0.1) is 0 Å². The molecule has 0 N–H and O–H groups in total. The van der Waals surface area contributed by atoms with Crippen molar-refractivity contribution in [3.05, 3.63) is 95.1 Å². The highest BCUT2D eigenvalue weighted by molar-refractivity contribution is 5.43. The van der Waals surface area contributed by atoms with Gasteiger partial charge in [-0.2, -0.15) is 0 Å². The Hall–Kier alpha value is -2.74. The maximum absolute atomic E-state index is 6.75. The molecular formula is C32H42O2. The van der Waals surface area contributed by atoms with Gasteiger partial charge in [0.1, 0.15) is 22.7 Å². The van der Waals surface area contributed by atoms with Crippen molar-refractivity contribution in [2.24, 2.45) is 0 Å². The minimum Gasteiger partial charge on any atom is -0.483 e. The smallest absolute Gasteiger partial charge is 0.129 e. The van der Waals surface area contributed by atoms with E-state index in [1.807, 2.05) is 12.1 Å². The zero-order valence-electron chi connectivity index (χ0n) is 22.7. The molecule has 0 aliphatic rings. The summed E-state index contributed by atoms with van der Waals surface area (Å²) < 4.78 is 13.5. The van der Waals surface area contributed by atoms with E-state index in [1.54, 1.807) is 0 Å². The molecule has 0 spiro atoms. The second-order valence-electron chi connectivity index (χ2n) is 12.3. The molecule has 3 rings (SSSR count). The van der Waals surface area contributed by atoms with Crippen molar-refractivity contribution in [3.63, 3.8) is 0 Å². The van der Waals surface area contributed by atoms with Gasteiger partial charge in [0.2, 0.25) is 0 Å². The largest absolute Gasteiger partial charge is 0.483 e. The second-order valence-corrected chi connectivity index (χ2v) is 12.3. The van der Waals surface area contributed by atoms with Gasteiger partial charge in [-0.3, -0.25) is 0 Å². The molecule has 0 atom stereocenters. The Labute approximate surface area is 207 Å². The van der Waals surface area contributed by atoms with Gasteiger partial charge in [0.15, 0.2) is 0 Å². The number of benzene rings is 3. The van der Waals surface area contributed by atoms with Crippen LogP contribution in [0.3, 0.4) is 0 Å². The lowest BCUT2D eigenvalue weighted by molar-refractivity contribution is 0.0801. The summed E-state index contributed by atoms with van der Waals surface area (Å²) in [5.74, 6) is 1.85. The minimum atomic E-state index is -0.553. The Bertz CT molecular complexity index is 1030. The number of rotatable bonds is 6. The molecule has 0 saturated carbocycles. The Balaban J connectivity index is 2.02. The first-order chi connectivity index (χ1) is 15.6. The summed E-state index contributed by atoms with van der Waals surface area (Å²) in [4.78, 5) is 0. The van der Waals surface area contributed by atoms with Gasteiger partial charge in [0, 0.05) is 11.1 Å². The van der Waals surface area contributed by atoms with Crippen LogP contribution in [0.15, 0.2) is 72.8 Å². The predicted octanol–water partition coefficient (Wildman–Crippen LogP) is 8.91. The molecule has 0 heterocycles. The molecule has 0 radical (unpaired) electrons. The van der Waals surface area contributed by atoms with Crippen molar-refractivity contribution >= 4 is 0 Å². The number of hydrogen-bond acceptors (Lipinski definition) is 2. The summed E-state index contributed by atoms with van der Waals surface area (Å²) in [5, 5.41) is 0. The quantitative estimate of drug-likeness (QED) is 0.367. The first-order valence-electron chi connectivity index (χ1n) is 12.3. The standard InChI is InChI=1S/C32H42O2/c1-29(2,3)25-19-13-15-21-27(25)33-31(7,8)23-17-11-12-18-24(23)32(9,10)34-28-22-16-14-20-26(28)30(4,5)6/h11-22H,1-10H3. The highest BCUT2D eigenvalue weighted by Crippen LogP contribution is 2.41. The van der Waals surface area contributed by atoms with Gasteiger partial charge in [-0.1, -0.05) is 102 Å². The Morgan fingerprint density at radius 3 is 0.941 bits per heavy atom. The highest BCUT2D eigenvalue weighted by Gasteiger charge is 2.35. The average molecular weight is 459 g/mol. The van der Waals surface area contributed by atoms with Crippen LogP contribution in [0.25, 0.3) is 0 Å². The topological polar surface area (TPSA) is 18.5 Å². The first kappa shape index (κ1) is 25.9. The van der Waals surface area contributed by atoms with Gasteiger partial charge >= 0.3 is 0 Å². The Kier molecular flexibility index (Phi) is 6.95. The lowest BCUT2D eigenvalue weighted by atomic mass is 9.83. The summed E-state index contributed by atoms with van der Waals surface area (Å²) in [6, 6.07) is 25.2. The van der Waals surface area contributed by atoms with Crippen molar-refractivity contribution in [3.8, 4) is 11.5 Å². The van der Waals surface area contributed by atoms with E-state index in [1.165, 1.54) is 11.1 Å². The first-order valence-corrected chi connectivity index (χ1v) is 12.3. The molecular weight excluding hydrogens is 416 g/mol. The fourth-order valence-corrected chi connectivity index (χ4v) is 4.54. The number of hydrogen-bond donors (Lipinski definition) is 0. The van der Waals surface area contributed by atoms with Crippen LogP contribution in [0.5, 0.6) is 11.5 Å². The van der Waals surface area contributed by atoms with E-state index >= 15 is 0 Å². The van der Waals surface area contributed by atoms with E-state index in [4.69, 9.17) is 9.47 Å². The highest BCUT2D eigenvalue weighted by atomic mass is 16.5. The minimum absolute atomic E-state index is 0.00869. The molecule has 2 heteroatoms. The van der Waals surface area contributed by atoms with E-state index < -0.39 is 11.2 Å². The van der Waals surface area contributed by atoms with Gasteiger partial charge in [-0.05, 0) is 61.8 Å². The maximum Gasteiger partial charge on any atom is 0.129 e. The average Bonchev–Trinajstić information content (AvgIpc) is 2.72. The fourth-order valence-electron chi connectivity index (χ4n) is 4.54. The van der Waals surface area contributed by atoms with E-state index in [0.29, 0.717) is 0 Å². The zero-order valence-corrected chi connectivity index (χ0v) is 22.7. The predicted molar refractivity (Wildman–Crippen MR) is 144 cm³/mol. The molecule has 0 fully saturated rings. The summed E-state index contributed by atoms with van der Waals surface area (Å²) >= 11 is 0. The molecule has 0 aliphatic heterocycles. The molecule has 0 aromatic heterocycles. The molecule has 0 amide bonds. The third kappa shape index (κ3) is 5.66. The van der Waals surface area contributed by atoms with Crippen LogP contribution in [-0.2, 0) is 22.0 Å². The van der Waals surface area contributed by atoms with Gasteiger partial charge in [-0.25, -0.2) is 0 Å². The lowest BCUT2D eigenvalue weighted by Crippen LogP contribution is -2.34. The number of para-hydroxylation sites is 2. The van der Waals surface area contributed by atoms with Crippen LogP contribution in [0.2, 0.25) is 0 Å². The SMILES string of the molecule is CC(C)(C)c1ccccc1OC(C)(C)c1ccccc1C(C)(C)Oc1ccccc1C(C)(C)C. The normalized spacial score (nSPS) is 13.0. The van der Waals surface area contributed by atoms with Crippen molar-refractivity contribution in [1.29, 1.82) is 0 Å². The van der Waals surface area contributed by atoms with Crippen molar-refractivity contribution < 1.29 is 9.47 Å². The second kappa shape index (κ2) is 9.13. The molecule has 34 heavy (non-hydrogen) atoms. The third-order valence-electron chi connectivity index (χ3n) is 6.34. The Morgan fingerprint density at radius 1 is 0.382 bits per heavy atom. The van der Waals surface area contributed by atoms with E-state index in [-0.39, 0.29) is 10.8 Å². The molecule has 3 aromatic rings. The zero-order chi connectivity index (χ0) is 25.4. The summed E-state index contributed by atoms with van der Waals surface area (Å²) in [7, 11) is 0. The van der Waals surface area contributed by atoms with Crippen LogP contribution < -0.4 is 9.47 Å². The van der Waals surface area contributed by atoms with Crippen LogP contribution in [-0.4, -0.2) is 0 Å². The summed E-state index contributed by atoms with van der Waals surface area (Å²) in [5.41, 5.74) is 3.53. The van der Waals surface area contributed by atoms with Gasteiger partial charge < -0.3 is 9.47 Å².